The van der Waals surface area contributed by atoms with Gasteiger partial charge in [0.2, 0.25) is 0 Å². The van der Waals surface area contributed by atoms with Crippen LogP contribution in [0.1, 0.15) is 42.5 Å². The summed E-state index contributed by atoms with van der Waals surface area (Å²) < 4.78 is 0. The molecule has 1 aromatic rings. The van der Waals surface area contributed by atoms with Crippen LogP contribution in [0.15, 0.2) is 24.3 Å². The van der Waals surface area contributed by atoms with Crippen LogP contribution < -0.4 is 5.32 Å². The molecule has 1 fully saturated rings. The predicted molar refractivity (Wildman–Crippen MR) is 76.5 cm³/mol. The number of amides is 1. The van der Waals surface area contributed by atoms with Gasteiger partial charge in [-0.3, -0.25) is 14.9 Å². The van der Waals surface area contributed by atoms with E-state index in [0.29, 0.717) is 5.56 Å². The monoisotopic (exact) mass is 287 g/mol. The van der Waals surface area contributed by atoms with Crippen LogP contribution in [0.25, 0.3) is 0 Å². The second kappa shape index (κ2) is 6.84. The van der Waals surface area contributed by atoms with Crippen molar-refractivity contribution in [3.63, 3.8) is 0 Å². The molecule has 0 spiro atoms. The molecule has 1 aliphatic carbocycles. The summed E-state index contributed by atoms with van der Waals surface area (Å²) in [4.78, 5) is 22.2. The first kappa shape index (κ1) is 15.0. The van der Waals surface area contributed by atoms with Crippen LogP contribution in [-0.2, 0) is 0 Å². The summed E-state index contributed by atoms with van der Waals surface area (Å²) in [5, 5.41) is 22.5. The number of nitrogens with zero attached hydrogens (tertiary/aromatic N) is 2. The van der Waals surface area contributed by atoms with Crippen molar-refractivity contribution < 1.29 is 9.72 Å². The molecule has 6 nitrogen and oxygen atoms in total. The highest BCUT2D eigenvalue weighted by atomic mass is 16.6. The van der Waals surface area contributed by atoms with Crippen LogP contribution in [-0.4, -0.2) is 16.9 Å². The van der Waals surface area contributed by atoms with Crippen molar-refractivity contribution in [3.8, 4) is 6.07 Å². The molecule has 1 aromatic carbocycles. The van der Waals surface area contributed by atoms with E-state index in [1.165, 1.54) is 30.7 Å². The fourth-order valence-corrected chi connectivity index (χ4v) is 2.68. The molecule has 2 rings (SSSR count). The molecule has 0 aliphatic heterocycles. The van der Waals surface area contributed by atoms with Crippen LogP contribution in [0, 0.1) is 27.4 Å². The van der Waals surface area contributed by atoms with E-state index >= 15 is 0 Å². The fraction of sp³-hybridized carbons (Fsp3) is 0.467. The zero-order valence-electron chi connectivity index (χ0n) is 11.6. The second-order valence-corrected chi connectivity index (χ2v) is 5.28. The maximum Gasteiger partial charge on any atom is 0.269 e. The van der Waals surface area contributed by atoms with Crippen LogP contribution in [0.2, 0.25) is 0 Å². The number of nitriles is 1. The quantitative estimate of drug-likeness (QED) is 0.680. The van der Waals surface area contributed by atoms with Gasteiger partial charge < -0.3 is 5.32 Å². The van der Waals surface area contributed by atoms with Gasteiger partial charge in [0.1, 0.15) is 6.04 Å². The van der Waals surface area contributed by atoms with Crippen molar-refractivity contribution in [3.05, 3.63) is 39.9 Å². The van der Waals surface area contributed by atoms with Gasteiger partial charge in [-0.15, -0.1) is 0 Å². The largest absolute Gasteiger partial charge is 0.336 e. The molecule has 0 saturated heterocycles. The Labute approximate surface area is 122 Å². The van der Waals surface area contributed by atoms with Crippen molar-refractivity contribution in [1.82, 2.24) is 5.32 Å². The third-order valence-corrected chi connectivity index (χ3v) is 3.89. The third-order valence-electron chi connectivity index (χ3n) is 3.89. The van der Waals surface area contributed by atoms with Gasteiger partial charge in [-0.1, -0.05) is 19.3 Å². The van der Waals surface area contributed by atoms with E-state index in [1.54, 1.807) is 0 Å². The van der Waals surface area contributed by atoms with Crippen molar-refractivity contribution in [1.29, 1.82) is 5.26 Å². The van der Waals surface area contributed by atoms with Crippen LogP contribution in [0.3, 0.4) is 0 Å². The Hall–Kier alpha value is -2.42. The lowest BCUT2D eigenvalue weighted by atomic mass is 9.84. The minimum Gasteiger partial charge on any atom is -0.336 e. The molecule has 1 unspecified atom stereocenters. The van der Waals surface area contributed by atoms with Gasteiger partial charge in [-0.05, 0) is 30.9 Å². The summed E-state index contributed by atoms with van der Waals surface area (Å²) in [5.74, 6) is -0.159. The van der Waals surface area contributed by atoms with Crippen molar-refractivity contribution in [2.75, 3.05) is 0 Å². The number of nitro benzene ring substituents is 1. The lowest BCUT2D eigenvalue weighted by molar-refractivity contribution is -0.384. The highest BCUT2D eigenvalue weighted by molar-refractivity contribution is 5.94. The Morgan fingerprint density at radius 1 is 1.29 bits per heavy atom. The topological polar surface area (TPSA) is 96.0 Å². The molecule has 0 aromatic heterocycles. The number of carbonyl (C=O) groups excluding carboxylic acids is 1. The second-order valence-electron chi connectivity index (χ2n) is 5.28. The van der Waals surface area contributed by atoms with E-state index in [1.807, 2.05) is 0 Å². The summed E-state index contributed by atoms with van der Waals surface area (Å²) in [6, 6.07) is 7.06. The molecule has 21 heavy (non-hydrogen) atoms. The number of rotatable bonds is 4. The molecule has 1 N–H and O–H groups in total. The van der Waals surface area contributed by atoms with E-state index in [-0.39, 0.29) is 17.5 Å². The van der Waals surface area contributed by atoms with E-state index in [4.69, 9.17) is 0 Å². The van der Waals surface area contributed by atoms with Crippen molar-refractivity contribution >= 4 is 11.6 Å². The van der Waals surface area contributed by atoms with Gasteiger partial charge in [0.05, 0.1) is 11.0 Å². The van der Waals surface area contributed by atoms with E-state index in [2.05, 4.69) is 11.4 Å². The molecular weight excluding hydrogens is 270 g/mol. The van der Waals surface area contributed by atoms with Gasteiger partial charge in [0.25, 0.3) is 11.6 Å². The fourth-order valence-electron chi connectivity index (χ4n) is 2.68. The maximum absolute atomic E-state index is 12.1. The average molecular weight is 287 g/mol. The lowest BCUT2D eigenvalue weighted by Crippen LogP contribution is -2.40. The number of hydrogen-bond acceptors (Lipinski definition) is 4. The minimum absolute atomic E-state index is 0.0596. The molecule has 6 heteroatoms. The van der Waals surface area contributed by atoms with Crippen molar-refractivity contribution in [2.45, 2.75) is 38.1 Å². The maximum atomic E-state index is 12.1. The van der Waals surface area contributed by atoms with Crippen LogP contribution in [0.4, 0.5) is 5.69 Å². The number of benzene rings is 1. The first-order chi connectivity index (χ1) is 10.1. The molecule has 1 aliphatic rings. The highest BCUT2D eigenvalue weighted by Gasteiger charge is 2.25. The Balaban J connectivity index is 2.02. The molecule has 1 saturated carbocycles. The number of nitro groups is 1. The van der Waals surface area contributed by atoms with Gasteiger partial charge >= 0.3 is 0 Å². The Morgan fingerprint density at radius 2 is 1.90 bits per heavy atom. The zero-order chi connectivity index (χ0) is 15.2. The van der Waals surface area contributed by atoms with Crippen LogP contribution in [0.5, 0.6) is 0 Å². The summed E-state index contributed by atoms with van der Waals surface area (Å²) in [7, 11) is 0. The molecule has 1 amide bonds. The lowest BCUT2D eigenvalue weighted by Gasteiger charge is -2.26. The standard InChI is InChI=1S/C15H17N3O3/c16-10-14(11-4-2-1-3-5-11)17-15(19)12-6-8-13(9-7-12)18(20)21/h6-9,11,14H,1-5H2,(H,17,19). The van der Waals surface area contributed by atoms with Gasteiger partial charge in [0.15, 0.2) is 0 Å². The van der Waals surface area contributed by atoms with E-state index < -0.39 is 11.0 Å². The predicted octanol–water partition coefficient (Wildman–Crippen LogP) is 2.80. The zero-order valence-corrected chi connectivity index (χ0v) is 11.6. The van der Waals surface area contributed by atoms with Gasteiger partial charge in [0, 0.05) is 17.7 Å². The Morgan fingerprint density at radius 3 is 2.43 bits per heavy atom. The number of hydrogen-bond donors (Lipinski definition) is 1. The summed E-state index contributed by atoms with van der Waals surface area (Å²) in [5.41, 5.74) is 0.271. The smallest absolute Gasteiger partial charge is 0.269 e. The summed E-state index contributed by atoms with van der Waals surface area (Å²) in [6.07, 6.45) is 5.29. The average Bonchev–Trinajstić information content (AvgIpc) is 2.53. The molecular formula is C15H17N3O3. The van der Waals surface area contributed by atoms with E-state index in [9.17, 15) is 20.2 Å². The Bertz CT molecular complexity index is 557. The molecule has 0 heterocycles. The number of carbonyl (C=O) groups is 1. The van der Waals surface area contributed by atoms with Gasteiger partial charge in [-0.25, -0.2) is 0 Å². The normalized spacial score (nSPS) is 16.7. The Kier molecular flexibility index (Phi) is 4.88. The molecule has 0 bridgehead atoms. The molecule has 1 atom stereocenters. The van der Waals surface area contributed by atoms with Crippen molar-refractivity contribution in [2.24, 2.45) is 5.92 Å². The number of nitrogens with one attached hydrogen (secondary N) is 1. The summed E-state index contributed by atoms with van der Waals surface area (Å²) >= 11 is 0. The van der Waals surface area contributed by atoms with Crippen LogP contribution >= 0.6 is 0 Å². The third kappa shape index (κ3) is 3.78. The number of non-ortho nitro benzene ring substituents is 1. The minimum atomic E-state index is -0.512. The van der Waals surface area contributed by atoms with E-state index in [0.717, 1.165) is 25.7 Å². The highest BCUT2D eigenvalue weighted by Crippen LogP contribution is 2.26. The first-order valence-electron chi connectivity index (χ1n) is 7.07. The SMILES string of the molecule is N#CC(NC(=O)c1ccc([N+](=O)[O-])cc1)C1CCCCC1. The molecule has 0 radical (unpaired) electrons. The van der Waals surface area contributed by atoms with Gasteiger partial charge in [-0.2, -0.15) is 5.26 Å². The first-order valence-corrected chi connectivity index (χ1v) is 7.07. The summed E-state index contributed by atoms with van der Waals surface area (Å²) in [6.45, 7) is 0. The molecule has 110 valence electrons.